The van der Waals surface area contributed by atoms with E-state index in [4.69, 9.17) is 0 Å². The normalized spacial score (nSPS) is 14.7. The van der Waals surface area contributed by atoms with Crippen molar-refractivity contribution in [2.24, 2.45) is 5.92 Å². The number of rotatable bonds is 6. The van der Waals surface area contributed by atoms with Crippen LogP contribution >= 0.6 is 0 Å². The van der Waals surface area contributed by atoms with Crippen LogP contribution < -0.4 is 0 Å². The lowest BCUT2D eigenvalue weighted by atomic mass is 9.80. The maximum absolute atomic E-state index is 13.7. The van der Waals surface area contributed by atoms with Crippen LogP contribution in [0.3, 0.4) is 0 Å². The summed E-state index contributed by atoms with van der Waals surface area (Å²) in [6.07, 6.45) is 2.25. The molecule has 2 aromatic rings. The average Bonchev–Trinajstić information content (AvgIpc) is 2.51. The van der Waals surface area contributed by atoms with E-state index in [0.29, 0.717) is 11.5 Å². The molecular weight excluding hydrogens is 297 g/mol. The molecule has 0 radical (unpaired) electrons. The molecule has 128 valence electrons. The van der Waals surface area contributed by atoms with E-state index in [0.717, 1.165) is 6.54 Å². The Labute approximate surface area is 145 Å². The number of benzene rings is 2. The Morgan fingerprint density at radius 2 is 1.79 bits per heavy atom. The third-order valence-corrected chi connectivity index (χ3v) is 4.45. The topological polar surface area (TPSA) is 3.24 Å². The van der Waals surface area contributed by atoms with Crippen LogP contribution in [-0.2, 0) is 0 Å². The molecular formula is C22H28FN. The highest BCUT2D eigenvalue weighted by atomic mass is 19.1. The molecule has 0 aromatic heterocycles. The van der Waals surface area contributed by atoms with Gasteiger partial charge in [-0.3, -0.25) is 0 Å². The molecule has 1 nitrogen and oxygen atoms in total. The minimum Gasteiger partial charge on any atom is -0.309 e. The summed E-state index contributed by atoms with van der Waals surface area (Å²) in [6.45, 7) is 7.28. The first kappa shape index (κ1) is 18.4. The van der Waals surface area contributed by atoms with Crippen molar-refractivity contribution < 1.29 is 4.39 Å². The average molecular weight is 325 g/mol. The summed E-state index contributed by atoms with van der Waals surface area (Å²) >= 11 is 0. The number of hydrogen-bond donors (Lipinski definition) is 0. The lowest BCUT2D eigenvalue weighted by molar-refractivity contribution is 0.319. The first-order valence-corrected chi connectivity index (χ1v) is 8.52. The summed E-state index contributed by atoms with van der Waals surface area (Å²) in [6, 6.07) is 15.9. The van der Waals surface area contributed by atoms with Crippen molar-refractivity contribution in [3.63, 3.8) is 0 Å². The van der Waals surface area contributed by atoms with Gasteiger partial charge >= 0.3 is 0 Å². The monoisotopic (exact) mass is 325 g/mol. The van der Waals surface area contributed by atoms with E-state index >= 15 is 0 Å². The Kier molecular flexibility index (Phi) is 6.33. The van der Waals surface area contributed by atoms with Gasteiger partial charge in [0.2, 0.25) is 0 Å². The summed E-state index contributed by atoms with van der Waals surface area (Å²) in [5, 5.41) is 0. The maximum atomic E-state index is 13.7. The second kappa shape index (κ2) is 8.25. The number of aryl methyl sites for hydroxylation is 1. The molecule has 0 aliphatic heterocycles. The summed E-state index contributed by atoms with van der Waals surface area (Å²) in [4.78, 5) is 2.21. The Morgan fingerprint density at radius 1 is 1.12 bits per heavy atom. The fraction of sp³-hybridized carbons (Fsp3) is 0.364. The predicted octanol–water partition coefficient (Wildman–Crippen LogP) is 5.52. The first-order chi connectivity index (χ1) is 11.4. The standard InChI is InChI=1S/C22H28FN/c1-16-14-20(11-12-21(16)23)22(18(3)15-24(4)5)17(2)13-19-9-7-6-8-10-19/h6-14,18,22H,15H2,1-5H3. The number of hydrogen-bond acceptors (Lipinski definition) is 1. The van der Waals surface area contributed by atoms with Gasteiger partial charge in [0.05, 0.1) is 0 Å². The van der Waals surface area contributed by atoms with E-state index in [1.54, 1.807) is 6.07 Å². The van der Waals surface area contributed by atoms with Crippen molar-refractivity contribution in [3.05, 3.63) is 76.6 Å². The molecule has 0 saturated heterocycles. The summed E-state index contributed by atoms with van der Waals surface area (Å²) < 4.78 is 13.7. The molecule has 2 atom stereocenters. The molecule has 0 spiro atoms. The molecule has 0 aliphatic rings. The van der Waals surface area contributed by atoms with Gasteiger partial charge in [0.25, 0.3) is 0 Å². The van der Waals surface area contributed by atoms with E-state index in [1.807, 2.05) is 25.1 Å². The van der Waals surface area contributed by atoms with Crippen molar-refractivity contribution in [1.29, 1.82) is 0 Å². The lowest BCUT2D eigenvalue weighted by Crippen LogP contribution is -2.25. The molecule has 0 fully saturated rings. The fourth-order valence-electron chi connectivity index (χ4n) is 3.48. The van der Waals surface area contributed by atoms with Crippen molar-refractivity contribution in [3.8, 4) is 0 Å². The molecule has 0 aliphatic carbocycles. The fourth-order valence-corrected chi connectivity index (χ4v) is 3.48. The lowest BCUT2D eigenvalue weighted by Gasteiger charge is -2.28. The van der Waals surface area contributed by atoms with Crippen LogP contribution in [0.5, 0.6) is 0 Å². The second-order valence-corrected chi connectivity index (χ2v) is 7.02. The van der Waals surface area contributed by atoms with Crippen LogP contribution in [0.4, 0.5) is 4.39 Å². The van der Waals surface area contributed by atoms with Gasteiger partial charge in [-0.25, -0.2) is 4.39 Å². The molecule has 0 saturated carbocycles. The highest BCUT2D eigenvalue weighted by molar-refractivity contribution is 5.55. The van der Waals surface area contributed by atoms with Gasteiger partial charge < -0.3 is 4.90 Å². The predicted molar refractivity (Wildman–Crippen MR) is 102 cm³/mol. The Hall–Kier alpha value is -1.93. The smallest absolute Gasteiger partial charge is 0.126 e. The van der Waals surface area contributed by atoms with Crippen molar-refractivity contribution in [2.75, 3.05) is 20.6 Å². The van der Waals surface area contributed by atoms with Gasteiger partial charge in [0, 0.05) is 12.5 Å². The number of halogens is 1. The largest absolute Gasteiger partial charge is 0.309 e. The van der Waals surface area contributed by atoms with E-state index in [1.165, 1.54) is 16.7 Å². The van der Waals surface area contributed by atoms with Crippen LogP contribution in [0, 0.1) is 18.7 Å². The second-order valence-electron chi connectivity index (χ2n) is 7.02. The van der Waals surface area contributed by atoms with E-state index < -0.39 is 0 Å². The Morgan fingerprint density at radius 3 is 2.38 bits per heavy atom. The van der Waals surface area contributed by atoms with Gasteiger partial charge in [0.1, 0.15) is 5.82 Å². The number of allylic oxidation sites excluding steroid dienone is 1. The number of nitrogens with zero attached hydrogens (tertiary/aromatic N) is 1. The van der Waals surface area contributed by atoms with Crippen LogP contribution in [0.1, 0.15) is 36.5 Å². The quantitative estimate of drug-likeness (QED) is 0.676. The molecule has 2 heteroatoms. The van der Waals surface area contributed by atoms with Crippen LogP contribution in [0.25, 0.3) is 6.08 Å². The molecule has 0 bridgehead atoms. The highest BCUT2D eigenvalue weighted by Crippen LogP contribution is 2.34. The van der Waals surface area contributed by atoms with Gasteiger partial charge in [-0.2, -0.15) is 0 Å². The third-order valence-electron chi connectivity index (χ3n) is 4.45. The minimum absolute atomic E-state index is 0.137. The first-order valence-electron chi connectivity index (χ1n) is 8.52. The minimum atomic E-state index is -0.137. The zero-order chi connectivity index (χ0) is 17.7. The van der Waals surface area contributed by atoms with Gasteiger partial charge in [-0.05, 0) is 56.6 Å². The van der Waals surface area contributed by atoms with Crippen molar-refractivity contribution in [1.82, 2.24) is 4.90 Å². The van der Waals surface area contributed by atoms with Crippen LogP contribution in [0.15, 0.2) is 54.1 Å². The van der Waals surface area contributed by atoms with Crippen molar-refractivity contribution in [2.45, 2.75) is 26.7 Å². The van der Waals surface area contributed by atoms with Gasteiger partial charge in [-0.15, -0.1) is 0 Å². The molecule has 2 rings (SSSR count). The summed E-state index contributed by atoms with van der Waals surface area (Å²) in [5.74, 6) is 0.569. The van der Waals surface area contributed by atoms with E-state index in [-0.39, 0.29) is 11.7 Å². The molecule has 0 N–H and O–H groups in total. The zero-order valence-electron chi connectivity index (χ0n) is 15.4. The molecule has 24 heavy (non-hydrogen) atoms. The van der Waals surface area contributed by atoms with Crippen molar-refractivity contribution >= 4 is 6.08 Å². The summed E-state index contributed by atoms with van der Waals surface area (Å²) in [5.41, 5.74) is 4.41. The third kappa shape index (κ3) is 4.78. The zero-order valence-corrected chi connectivity index (χ0v) is 15.4. The van der Waals surface area contributed by atoms with E-state index in [9.17, 15) is 4.39 Å². The summed E-state index contributed by atoms with van der Waals surface area (Å²) in [7, 11) is 4.19. The highest BCUT2D eigenvalue weighted by Gasteiger charge is 2.22. The molecule has 2 unspecified atom stereocenters. The van der Waals surface area contributed by atoms with Crippen LogP contribution in [0.2, 0.25) is 0 Å². The molecule has 0 heterocycles. The Balaban J connectivity index is 2.42. The van der Waals surface area contributed by atoms with Gasteiger partial charge in [0.15, 0.2) is 0 Å². The Bertz CT molecular complexity index is 688. The van der Waals surface area contributed by atoms with E-state index in [2.05, 4.69) is 63.2 Å². The van der Waals surface area contributed by atoms with Gasteiger partial charge in [-0.1, -0.05) is 61.0 Å². The molecule has 2 aromatic carbocycles. The molecule has 0 amide bonds. The van der Waals surface area contributed by atoms with Crippen LogP contribution in [-0.4, -0.2) is 25.5 Å². The SMILES string of the molecule is CC(=Cc1ccccc1)C(c1ccc(F)c(C)c1)C(C)CN(C)C. The maximum Gasteiger partial charge on any atom is 0.126 e.